The summed E-state index contributed by atoms with van der Waals surface area (Å²) in [6.45, 7) is 0. The van der Waals surface area contributed by atoms with Crippen LogP contribution < -0.4 is 4.74 Å². The molecular formula is C19H17F4NO2. The number of ether oxygens (including phenoxy) is 1. The fourth-order valence-corrected chi connectivity index (χ4v) is 2.79. The molecule has 0 bridgehead atoms. The number of carbonyl (C=O) groups is 1. The summed E-state index contributed by atoms with van der Waals surface area (Å²) in [5.74, 6) is -1.36. The highest BCUT2D eigenvalue weighted by atomic mass is 19.4. The monoisotopic (exact) mass is 367 g/mol. The standard InChI is InChI=1S/C19H17F4NO2/c20-16(12-24)3-1-2-13-4-6-14(7-5-13)18(25)26-17-10-8-15(9-11-17)19(21,22)23/h1-3,8-11,13-14H,4-7H2. The van der Waals surface area contributed by atoms with Crippen molar-refractivity contribution in [3.63, 3.8) is 0 Å². The van der Waals surface area contributed by atoms with E-state index in [1.807, 2.05) is 0 Å². The number of rotatable bonds is 4. The van der Waals surface area contributed by atoms with Gasteiger partial charge in [0.2, 0.25) is 0 Å². The van der Waals surface area contributed by atoms with Crippen LogP contribution in [0.25, 0.3) is 0 Å². The van der Waals surface area contributed by atoms with Gasteiger partial charge in [-0.2, -0.15) is 22.8 Å². The second-order valence-corrected chi connectivity index (χ2v) is 6.07. The molecule has 0 saturated heterocycles. The van der Waals surface area contributed by atoms with Gasteiger partial charge in [-0.25, -0.2) is 0 Å². The average molecular weight is 367 g/mol. The number of alkyl halides is 3. The van der Waals surface area contributed by atoms with Crippen molar-refractivity contribution in [2.24, 2.45) is 11.8 Å². The van der Waals surface area contributed by atoms with E-state index in [0.717, 1.165) is 30.3 Å². The molecule has 1 aromatic carbocycles. The van der Waals surface area contributed by atoms with Gasteiger partial charge < -0.3 is 4.74 Å². The summed E-state index contributed by atoms with van der Waals surface area (Å²) in [6.07, 6.45) is 2.54. The molecule has 0 amide bonds. The normalized spacial score (nSPS) is 21.4. The zero-order valence-corrected chi connectivity index (χ0v) is 13.8. The summed E-state index contributed by atoms with van der Waals surface area (Å²) in [5.41, 5.74) is -0.800. The topological polar surface area (TPSA) is 50.1 Å². The van der Waals surface area contributed by atoms with Crippen molar-refractivity contribution < 1.29 is 27.1 Å². The molecule has 138 valence electrons. The fraction of sp³-hybridized carbons (Fsp3) is 0.368. The van der Waals surface area contributed by atoms with Gasteiger partial charge in [0.05, 0.1) is 11.5 Å². The minimum Gasteiger partial charge on any atom is -0.426 e. The van der Waals surface area contributed by atoms with Crippen LogP contribution in [0.5, 0.6) is 5.75 Å². The van der Waals surface area contributed by atoms with Crippen molar-refractivity contribution in [2.45, 2.75) is 31.9 Å². The van der Waals surface area contributed by atoms with Crippen molar-refractivity contribution in [2.75, 3.05) is 0 Å². The van der Waals surface area contributed by atoms with E-state index in [0.29, 0.717) is 25.7 Å². The van der Waals surface area contributed by atoms with Crippen LogP contribution in [0.3, 0.4) is 0 Å². The Morgan fingerprint density at radius 1 is 1.15 bits per heavy atom. The Morgan fingerprint density at radius 3 is 2.31 bits per heavy atom. The number of allylic oxidation sites excluding steroid dienone is 4. The maximum Gasteiger partial charge on any atom is 0.416 e. The van der Waals surface area contributed by atoms with E-state index in [1.165, 1.54) is 12.1 Å². The number of hydrogen-bond acceptors (Lipinski definition) is 3. The predicted molar refractivity (Wildman–Crippen MR) is 86.5 cm³/mol. The van der Waals surface area contributed by atoms with Crippen LogP contribution in [0.1, 0.15) is 31.2 Å². The molecular weight excluding hydrogens is 350 g/mol. The van der Waals surface area contributed by atoms with Crippen molar-refractivity contribution >= 4 is 5.97 Å². The first-order valence-electron chi connectivity index (χ1n) is 8.12. The predicted octanol–water partition coefficient (Wildman–Crippen LogP) is 5.35. The summed E-state index contributed by atoms with van der Waals surface area (Å²) in [7, 11) is 0. The highest BCUT2D eigenvalue weighted by Gasteiger charge is 2.30. The molecule has 1 aliphatic rings. The van der Waals surface area contributed by atoms with Gasteiger partial charge in [0.15, 0.2) is 5.83 Å². The number of nitriles is 1. The molecule has 1 fully saturated rings. The van der Waals surface area contributed by atoms with E-state index in [-0.39, 0.29) is 17.6 Å². The van der Waals surface area contributed by atoms with Crippen molar-refractivity contribution in [1.82, 2.24) is 0 Å². The first-order valence-corrected chi connectivity index (χ1v) is 8.12. The molecule has 1 aliphatic carbocycles. The number of halogens is 4. The molecule has 0 aliphatic heterocycles. The highest BCUT2D eigenvalue weighted by molar-refractivity contribution is 5.75. The Morgan fingerprint density at radius 2 is 1.77 bits per heavy atom. The second kappa shape index (κ2) is 8.65. The molecule has 0 unspecified atom stereocenters. The van der Waals surface area contributed by atoms with Gasteiger partial charge in [0.25, 0.3) is 0 Å². The molecule has 1 saturated carbocycles. The van der Waals surface area contributed by atoms with Crippen LogP contribution in [0, 0.1) is 23.2 Å². The second-order valence-electron chi connectivity index (χ2n) is 6.07. The fourth-order valence-electron chi connectivity index (χ4n) is 2.79. The van der Waals surface area contributed by atoms with Gasteiger partial charge >= 0.3 is 12.1 Å². The molecule has 3 nitrogen and oxygen atoms in total. The van der Waals surface area contributed by atoms with Crippen LogP contribution in [0.15, 0.2) is 48.3 Å². The van der Waals surface area contributed by atoms with E-state index >= 15 is 0 Å². The lowest BCUT2D eigenvalue weighted by Crippen LogP contribution is -2.25. The number of esters is 1. The summed E-state index contributed by atoms with van der Waals surface area (Å²) in [5, 5.41) is 8.31. The minimum absolute atomic E-state index is 0.0853. The molecule has 0 atom stereocenters. The number of benzene rings is 1. The number of nitrogens with zero attached hydrogens (tertiary/aromatic N) is 1. The third-order valence-electron chi connectivity index (χ3n) is 4.24. The minimum atomic E-state index is -4.43. The molecule has 0 aromatic heterocycles. The maximum absolute atomic E-state index is 12.7. The Bertz CT molecular complexity index is 721. The largest absolute Gasteiger partial charge is 0.426 e. The van der Waals surface area contributed by atoms with Gasteiger partial charge in [0, 0.05) is 0 Å². The summed E-state index contributed by atoms with van der Waals surface area (Å²) in [6, 6.07) is 5.39. The number of carbonyl (C=O) groups excluding carboxylic acids is 1. The highest BCUT2D eigenvalue weighted by Crippen LogP contribution is 2.32. The molecule has 2 rings (SSSR count). The van der Waals surface area contributed by atoms with E-state index < -0.39 is 23.5 Å². The maximum atomic E-state index is 12.7. The summed E-state index contributed by atoms with van der Waals surface area (Å²) >= 11 is 0. The molecule has 1 aromatic rings. The van der Waals surface area contributed by atoms with Crippen molar-refractivity contribution in [3.05, 3.63) is 53.9 Å². The van der Waals surface area contributed by atoms with Gasteiger partial charge in [-0.1, -0.05) is 12.2 Å². The summed E-state index contributed by atoms with van der Waals surface area (Å²) in [4.78, 5) is 12.1. The van der Waals surface area contributed by atoms with E-state index in [2.05, 4.69) is 0 Å². The smallest absolute Gasteiger partial charge is 0.416 e. The summed E-state index contributed by atoms with van der Waals surface area (Å²) < 4.78 is 55.4. The van der Waals surface area contributed by atoms with E-state index in [1.54, 1.807) is 6.08 Å². The van der Waals surface area contributed by atoms with Gasteiger partial charge in [-0.05, 0) is 61.9 Å². The Kier molecular flexibility index (Phi) is 6.56. The number of hydrogen-bond donors (Lipinski definition) is 0. The van der Waals surface area contributed by atoms with Crippen LogP contribution in [0.4, 0.5) is 17.6 Å². The lowest BCUT2D eigenvalue weighted by Gasteiger charge is -2.25. The van der Waals surface area contributed by atoms with Gasteiger partial charge in [-0.3, -0.25) is 4.79 Å². The van der Waals surface area contributed by atoms with Gasteiger partial charge in [0.1, 0.15) is 11.8 Å². The van der Waals surface area contributed by atoms with Crippen LogP contribution in [-0.2, 0) is 11.0 Å². The zero-order valence-electron chi connectivity index (χ0n) is 13.8. The average Bonchev–Trinajstić information content (AvgIpc) is 2.61. The molecule has 0 radical (unpaired) electrons. The molecule has 0 spiro atoms. The van der Waals surface area contributed by atoms with E-state index in [9.17, 15) is 22.4 Å². The molecule has 7 heteroatoms. The first-order chi connectivity index (χ1) is 12.3. The Hall–Kier alpha value is -2.62. The lowest BCUT2D eigenvalue weighted by atomic mass is 9.82. The molecule has 26 heavy (non-hydrogen) atoms. The lowest BCUT2D eigenvalue weighted by molar-refractivity contribution is -0.140. The third-order valence-corrected chi connectivity index (χ3v) is 4.24. The van der Waals surface area contributed by atoms with Crippen LogP contribution >= 0.6 is 0 Å². The Labute approximate surface area is 148 Å². The van der Waals surface area contributed by atoms with Crippen LogP contribution in [-0.4, -0.2) is 5.97 Å². The Balaban J connectivity index is 1.84. The quantitative estimate of drug-likeness (QED) is 0.237. The van der Waals surface area contributed by atoms with Crippen molar-refractivity contribution in [3.8, 4) is 11.8 Å². The first kappa shape index (κ1) is 19.7. The van der Waals surface area contributed by atoms with E-state index in [4.69, 9.17) is 10.00 Å². The van der Waals surface area contributed by atoms with Crippen LogP contribution in [0.2, 0.25) is 0 Å². The molecule has 0 heterocycles. The molecule has 0 N–H and O–H groups in total. The SMILES string of the molecule is N#CC(F)=CC=CC1CCC(C(=O)Oc2ccc(C(F)(F)F)cc2)CC1. The zero-order chi connectivity index (χ0) is 19.2. The van der Waals surface area contributed by atoms with Gasteiger partial charge in [-0.15, -0.1) is 0 Å². The van der Waals surface area contributed by atoms with Crippen molar-refractivity contribution in [1.29, 1.82) is 5.26 Å². The third kappa shape index (κ3) is 5.73.